The average molecular weight is 356 g/mol. The second-order valence-corrected chi connectivity index (χ2v) is 8.79. The van der Waals surface area contributed by atoms with Crippen molar-refractivity contribution in [3.8, 4) is 0 Å². The van der Waals surface area contributed by atoms with Gasteiger partial charge >= 0.3 is 0 Å². The molecule has 5 nitrogen and oxygen atoms in total. The van der Waals surface area contributed by atoms with Gasteiger partial charge in [-0.15, -0.1) is 11.3 Å². The molecular formula is C19H24N4OS. The van der Waals surface area contributed by atoms with Gasteiger partial charge in [0.25, 0.3) is 5.56 Å². The van der Waals surface area contributed by atoms with Crippen LogP contribution in [0.5, 0.6) is 0 Å². The first-order valence-corrected chi connectivity index (χ1v) is 10.4. The zero-order valence-electron chi connectivity index (χ0n) is 14.5. The molecule has 2 aliphatic carbocycles. The van der Waals surface area contributed by atoms with Crippen molar-refractivity contribution in [2.45, 2.75) is 57.4 Å². The summed E-state index contributed by atoms with van der Waals surface area (Å²) in [6, 6.07) is 1.75. The van der Waals surface area contributed by atoms with Crippen LogP contribution in [0.25, 0.3) is 0 Å². The van der Waals surface area contributed by atoms with Crippen molar-refractivity contribution in [2.75, 3.05) is 18.0 Å². The molecule has 0 aromatic carbocycles. The molecule has 0 bridgehead atoms. The van der Waals surface area contributed by atoms with E-state index in [1.165, 1.54) is 41.4 Å². The van der Waals surface area contributed by atoms with Gasteiger partial charge in [-0.2, -0.15) is 0 Å². The number of fused-ring (bicyclic) bond motifs is 1. The second-order valence-electron chi connectivity index (χ2n) is 7.73. The third-order valence-electron chi connectivity index (χ3n) is 5.82. The molecule has 0 unspecified atom stereocenters. The predicted octanol–water partition coefficient (Wildman–Crippen LogP) is 2.98. The summed E-state index contributed by atoms with van der Waals surface area (Å²) < 4.78 is 1.81. The van der Waals surface area contributed by atoms with Crippen molar-refractivity contribution >= 4 is 16.5 Å². The summed E-state index contributed by atoms with van der Waals surface area (Å²) in [6.45, 7) is 2.91. The van der Waals surface area contributed by atoms with Crippen molar-refractivity contribution in [2.24, 2.45) is 5.92 Å². The van der Waals surface area contributed by atoms with Gasteiger partial charge in [0, 0.05) is 36.5 Å². The number of nitrogens with zero attached hydrogens (tertiary/aromatic N) is 4. The van der Waals surface area contributed by atoms with Crippen LogP contribution in [0.15, 0.2) is 17.2 Å². The number of anilines is 1. The third kappa shape index (κ3) is 3.12. The molecule has 1 aliphatic heterocycles. The van der Waals surface area contributed by atoms with Crippen molar-refractivity contribution in [1.29, 1.82) is 0 Å². The van der Waals surface area contributed by atoms with E-state index >= 15 is 0 Å². The summed E-state index contributed by atoms with van der Waals surface area (Å²) in [5, 5.41) is 1.22. The largest absolute Gasteiger partial charge is 0.348 e. The minimum Gasteiger partial charge on any atom is -0.348 e. The molecule has 2 aromatic heterocycles. The predicted molar refractivity (Wildman–Crippen MR) is 99.5 cm³/mol. The van der Waals surface area contributed by atoms with Gasteiger partial charge in [-0.25, -0.2) is 9.97 Å². The normalized spacial score (nSPS) is 20.9. The van der Waals surface area contributed by atoms with Crippen molar-refractivity contribution in [3.63, 3.8) is 0 Å². The standard InChI is InChI=1S/C19H24N4OS/c24-18-10-16(14-4-5-14)20-12-23(18)11-13-6-8-22(9-7-13)19-21-15-2-1-3-17(15)25-19/h10,12-14H,1-9,11H2. The smallest absolute Gasteiger partial charge is 0.253 e. The SMILES string of the molecule is O=c1cc(C2CC2)ncn1CC1CCN(c2nc3c(s2)CCC3)CC1. The van der Waals surface area contributed by atoms with Crippen LogP contribution in [-0.4, -0.2) is 27.6 Å². The van der Waals surface area contributed by atoms with Crippen LogP contribution in [0.1, 0.15) is 54.3 Å². The lowest BCUT2D eigenvalue weighted by Gasteiger charge is -2.32. The molecule has 0 spiro atoms. The summed E-state index contributed by atoms with van der Waals surface area (Å²) >= 11 is 1.90. The van der Waals surface area contributed by atoms with Gasteiger partial charge in [0.2, 0.25) is 0 Å². The van der Waals surface area contributed by atoms with E-state index < -0.39 is 0 Å². The molecule has 0 atom stereocenters. The molecule has 0 N–H and O–H groups in total. The van der Waals surface area contributed by atoms with E-state index in [1.807, 2.05) is 15.9 Å². The first kappa shape index (κ1) is 15.6. The highest BCUT2D eigenvalue weighted by Crippen LogP contribution is 2.38. The van der Waals surface area contributed by atoms with Crippen molar-refractivity contribution in [1.82, 2.24) is 14.5 Å². The fourth-order valence-corrected chi connectivity index (χ4v) is 5.28. The molecule has 5 rings (SSSR count). The van der Waals surface area contributed by atoms with E-state index in [-0.39, 0.29) is 5.56 Å². The Morgan fingerprint density at radius 2 is 2.00 bits per heavy atom. The Hall–Kier alpha value is -1.69. The number of thiazole rings is 1. The quantitative estimate of drug-likeness (QED) is 0.845. The molecule has 6 heteroatoms. The molecule has 3 aliphatic rings. The van der Waals surface area contributed by atoms with Crippen LogP contribution in [0.3, 0.4) is 0 Å². The van der Waals surface area contributed by atoms with E-state index in [0.717, 1.165) is 44.6 Å². The summed E-state index contributed by atoms with van der Waals surface area (Å²) in [7, 11) is 0. The van der Waals surface area contributed by atoms with Crippen LogP contribution in [0.2, 0.25) is 0 Å². The number of hydrogen-bond donors (Lipinski definition) is 0. The second kappa shape index (κ2) is 6.24. The lowest BCUT2D eigenvalue weighted by Crippen LogP contribution is -2.36. The number of hydrogen-bond acceptors (Lipinski definition) is 5. The van der Waals surface area contributed by atoms with Gasteiger partial charge in [0.05, 0.1) is 17.7 Å². The van der Waals surface area contributed by atoms with E-state index in [9.17, 15) is 4.79 Å². The highest BCUT2D eigenvalue weighted by molar-refractivity contribution is 7.15. The van der Waals surface area contributed by atoms with Crippen LogP contribution < -0.4 is 10.5 Å². The Bertz CT molecular complexity index is 809. The van der Waals surface area contributed by atoms with Crippen LogP contribution in [0, 0.1) is 5.92 Å². The third-order valence-corrected chi connectivity index (χ3v) is 7.04. The Morgan fingerprint density at radius 3 is 2.72 bits per heavy atom. The highest BCUT2D eigenvalue weighted by Gasteiger charge is 2.27. The Balaban J connectivity index is 1.21. The van der Waals surface area contributed by atoms with E-state index in [4.69, 9.17) is 4.98 Å². The Labute approximate surface area is 151 Å². The zero-order valence-corrected chi connectivity index (χ0v) is 15.3. The topological polar surface area (TPSA) is 51.0 Å². The highest BCUT2D eigenvalue weighted by atomic mass is 32.1. The van der Waals surface area contributed by atoms with E-state index in [1.54, 1.807) is 12.4 Å². The van der Waals surface area contributed by atoms with E-state index in [2.05, 4.69) is 9.88 Å². The molecule has 1 saturated carbocycles. The van der Waals surface area contributed by atoms with Gasteiger partial charge in [0.15, 0.2) is 5.13 Å². The molecule has 0 radical (unpaired) electrons. The molecule has 2 aromatic rings. The molecule has 3 heterocycles. The first-order valence-electron chi connectivity index (χ1n) is 9.56. The van der Waals surface area contributed by atoms with Crippen LogP contribution in [-0.2, 0) is 19.4 Å². The zero-order chi connectivity index (χ0) is 16.8. The number of aromatic nitrogens is 3. The Morgan fingerprint density at radius 1 is 1.16 bits per heavy atom. The monoisotopic (exact) mass is 356 g/mol. The van der Waals surface area contributed by atoms with Gasteiger partial charge in [-0.3, -0.25) is 9.36 Å². The Kier molecular flexibility index (Phi) is 3.88. The molecule has 25 heavy (non-hydrogen) atoms. The minimum absolute atomic E-state index is 0.121. The molecular weight excluding hydrogens is 332 g/mol. The van der Waals surface area contributed by atoms with Gasteiger partial charge in [-0.05, 0) is 50.9 Å². The van der Waals surface area contributed by atoms with Crippen molar-refractivity contribution < 1.29 is 0 Å². The number of aryl methyl sites for hydroxylation is 2. The van der Waals surface area contributed by atoms with Crippen LogP contribution in [0.4, 0.5) is 5.13 Å². The lowest BCUT2D eigenvalue weighted by atomic mass is 9.97. The summed E-state index contributed by atoms with van der Waals surface area (Å²) in [5.74, 6) is 1.11. The fourth-order valence-electron chi connectivity index (χ4n) is 4.08. The summed E-state index contributed by atoms with van der Waals surface area (Å²) in [6.07, 6.45) is 10.1. The summed E-state index contributed by atoms with van der Waals surface area (Å²) in [4.78, 5) is 25.6. The maximum absolute atomic E-state index is 12.3. The molecule has 1 saturated heterocycles. The number of piperidine rings is 1. The molecule has 0 amide bonds. The summed E-state index contributed by atoms with van der Waals surface area (Å²) in [5.41, 5.74) is 2.46. The van der Waals surface area contributed by atoms with Gasteiger partial charge in [-0.1, -0.05) is 0 Å². The maximum Gasteiger partial charge on any atom is 0.253 e. The number of rotatable bonds is 4. The lowest BCUT2D eigenvalue weighted by molar-refractivity contribution is 0.350. The van der Waals surface area contributed by atoms with Gasteiger partial charge < -0.3 is 4.90 Å². The average Bonchev–Trinajstić information content (AvgIpc) is 3.25. The molecule has 2 fully saturated rings. The van der Waals surface area contributed by atoms with E-state index in [0.29, 0.717) is 11.8 Å². The van der Waals surface area contributed by atoms with Crippen LogP contribution >= 0.6 is 11.3 Å². The first-order chi connectivity index (χ1) is 12.3. The minimum atomic E-state index is 0.121. The van der Waals surface area contributed by atoms with Gasteiger partial charge in [0.1, 0.15) is 0 Å². The van der Waals surface area contributed by atoms with Crippen molar-refractivity contribution in [3.05, 3.63) is 39.0 Å². The fraction of sp³-hybridized carbons (Fsp3) is 0.632. The molecule has 132 valence electrons. The maximum atomic E-state index is 12.3.